The number of nitrogens with one attached hydrogen (secondary N) is 1. The molecule has 0 radical (unpaired) electrons. The van der Waals surface area contributed by atoms with Gasteiger partial charge < -0.3 is 14.9 Å². The minimum Gasteiger partial charge on any atom is -0.478 e. The molecular weight excluding hydrogens is 296 g/mol. The molecule has 6 heteroatoms. The summed E-state index contributed by atoms with van der Waals surface area (Å²) in [5.74, 6) is -0.906. The van der Waals surface area contributed by atoms with Crippen LogP contribution in [0, 0.1) is 13.8 Å². The number of aromatic nitrogens is 1. The third-order valence-electron chi connectivity index (χ3n) is 3.51. The third kappa shape index (κ3) is 4.06. The molecule has 1 aromatic heterocycles. The second-order valence-corrected chi connectivity index (χ2v) is 5.24. The number of hydrogen-bond acceptors (Lipinski definition) is 4. The summed E-state index contributed by atoms with van der Waals surface area (Å²) in [6, 6.07) is 6.91. The van der Waals surface area contributed by atoms with E-state index in [0.717, 1.165) is 17.2 Å². The Morgan fingerprint density at radius 2 is 1.91 bits per heavy atom. The Morgan fingerprint density at radius 3 is 2.43 bits per heavy atom. The number of carboxylic acids is 1. The van der Waals surface area contributed by atoms with Crippen molar-refractivity contribution in [3.05, 3.63) is 52.9 Å². The van der Waals surface area contributed by atoms with E-state index in [2.05, 4.69) is 10.5 Å². The minimum absolute atomic E-state index is 0.159. The molecule has 1 heterocycles. The van der Waals surface area contributed by atoms with E-state index < -0.39 is 5.97 Å². The number of carbonyl (C=O) groups excluding carboxylic acids is 1. The van der Waals surface area contributed by atoms with Gasteiger partial charge in [0.25, 0.3) is 0 Å². The molecule has 1 amide bonds. The molecule has 23 heavy (non-hydrogen) atoms. The van der Waals surface area contributed by atoms with Crippen molar-refractivity contribution in [2.24, 2.45) is 0 Å². The summed E-state index contributed by atoms with van der Waals surface area (Å²) >= 11 is 0. The van der Waals surface area contributed by atoms with Crippen molar-refractivity contribution < 1.29 is 19.2 Å². The predicted molar refractivity (Wildman–Crippen MR) is 86.1 cm³/mol. The van der Waals surface area contributed by atoms with Crippen LogP contribution < -0.4 is 5.32 Å². The van der Waals surface area contributed by atoms with Gasteiger partial charge in [0, 0.05) is 17.3 Å². The molecule has 1 unspecified atom stereocenters. The zero-order valence-electron chi connectivity index (χ0n) is 13.2. The van der Waals surface area contributed by atoms with Crippen LogP contribution in [0.2, 0.25) is 0 Å². The van der Waals surface area contributed by atoms with Crippen LogP contribution in [0.1, 0.15) is 35.4 Å². The molecule has 1 aromatic carbocycles. The van der Waals surface area contributed by atoms with Gasteiger partial charge in [-0.2, -0.15) is 0 Å². The smallest absolute Gasteiger partial charge is 0.328 e. The van der Waals surface area contributed by atoms with Crippen molar-refractivity contribution in [2.75, 3.05) is 5.32 Å². The van der Waals surface area contributed by atoms with Gasteiger partial charge in [0.2, 0.25) is 5.91 Å². The number of hydrogen-bond donors (Lipinski definition) is 2. The Labute approximate surface area is 133 Å². The molecule has 0 aliphatic carbocycles. The Kier molecular flexibility index (Phi) is 4.95. The Balaban J connectivity index is 2.07. The van der Waals surface area contributed by atoms with Crippen molar-refractivity contribution in [1.29, 1.82) is 0 Å². The zero-order valence-corrected chi connectivity index (χ0v) is 13.2. The first kappa shape index (κ1) is 16.5. The van der Waals surface area contributed by atoms with Gasteiger partial charge >= 0.3 is 5.97 Å². The highest BCUT2D eigenvalue weighted by molar-refractivity contribution is 5.96. The summed E-state index contributed by atoms with van der Waals surface area (Å²) in [5, 5.41) is 15.3. The number of rotatable bonds is 5. The molecule has 120 valence electrons. The summed E-state index contributed by atoms with van der Waals surface area (Å²) in [7, 11) is 0. The van der Waals surface area contributed by atoms with Gasteiger partial charge in [-0.05, 0) is 44.5 Å². The van der Waals surface area contributed by atoms with E-state index in [1.54, 1.807) is 45.0 Å². The second kappa shape index (κ2) is 6.91. The van der Waals surface area contributed by atoms with Gasteiger partial charge in [-0.25, -0.2) is 4.79 Å². The van der Waals surface area contributed by atoms with Gasteiger partial charge in [0.05, 0.1) is 11.6 Å². The number of amides is 1. The first-order valence-electron chi connectivity index (χ1n) is 7.13. The molecule has 0 bridgehead atoms. The lowest BCUT2D eigenvalue weighted by Crippen LogP contribution is -2.19. The lowest BCUT2D eigenvalue weighted by Gasteiger charge is -2.12. The van der Waals surface area contributed by atoms with E-state index in [9.17, 15) is 9.59 Å². The molecule has 6 nitrogen and oxygen atoms in total. The topological polar surface area (TPSA) is 92.4 Å². The minimum atomic E-state index is -1.00. The summed E-state index contributed by atoms with van der Waals surface area (Å²) in [6.45, 7) is 5.38. The highest BCUT2D eigenvalue weighted by Gasteiger charge is 2.22. The molecule has 0 saturated heterocycles. The molecule has 0 fully saturated rings. The lowest BCUT2D eigenvalue weighted by atomic mass is 9.98. The van der Waals surface area contributed by atoms with E-state index in [1.807, 2.05) is 0 Å². The van der Waals surface area contributed by atoms with Crippen molar-refractivity contribution >= 4 is 23.6 Å². The molecule has 0 spiro atoms. The number of aryl methyl sites for hydroxylation is 2. The second-order valence-electron chi connectivity index (χ2n) is 5.24. The Morgan fingerprint density at radius 1 is 1.26 bits per heavy atom. The van der Waals surface area contributed by atoms with Gasteiger partial charge in [-0.1, -0.05) is 17.3 Å². The van der Waals surface area contributed by atoms with Crippen LogP contribution in [0.25, 0.3) is 6.08 Å². The van der Waals surface area contributed by atoms with Crippen molar-refractivity contribution in [2.45, 2.75) is 26.7 Å². The van der Waals surface area contributed by atoms with Gasteiger partial charge in [0.15, 0.2) is 0 Å². The van der Waals surface area contributed by atoms with Crippen molar-refractivity contribution in [3.63, 3.8) is 0 Å². The average Bonchev–Trinajstić information content (AvgIpc) is 2.84. The highest BCUT2D eigenvalue weighted by atomic mass is 16.5. The fraction of sp³-hybridized carbons (Fsp3) is 0.235. The molecular formula is C17H18N2O4. The highest BCUT2D eigenvalue weighted by Crippen LogP contribution is 2.24. The predicted octanol–water partition coefficient (Wildman–Crippen LogP) is 3.13. The molecule has 2 aromatic rings. The monoisotopic (exact) mass is 314 g/mol. The normalized spacial score (nSPS) is 12.3. The number of anilines is 1. The zero-order chi connectivity index (χ0) is 17.0. The van der Waals surface area contributed by atoms with Crippen LogP contribution in [0.3, 0.4) is 0 Å². The quantitative estimate of drug-likeness (QED) is 0.827. The Bertz CT molecular complexity index is 725. The summed E-state index contributed by atoms with van der Waals surface area (Å²) in [4.78, 5) is 22.8. The van der Waals surface area contributed by atoms with Crippen LogP contribution in [-0.2, 0) is 9.59 Å². The van der Waals surface area contributed by atoms with E-state index in [-0.39, 0.29) is 11.8 Å². The van der Waals surface area contributed by atoms with Gasteiger partial charge in [-0.3, -0.25) is 4.79 Å². The van der Waals surface area contributed by atoms with Gasteiger partial charge in [0.1, 0.15) is 5.76 Å². The number of benzene rings is 1. The van der Waals surface area contributed by atoms with E-state index in [4.69, 9.17) is 9.63 Å². The number of carbonyl (C=O) groups is 2. The molecule has 0 aliphatic rings. The maximum Gasteiger partial charge on any atom is 0.328 e. The first-order chi connectivity index (χ1) is 10.9. The number of aliphatic carboxylic acids is 1. The summed E-state index contributed by atoms with van der Waals surface area (Å²) in [6.07, 6.45) is 2.55. The molecule has 1 atom stereocenters. The summed E-state index contributed by atoms with van der Waals surface area (Å²) in [5.41, 5.74) is 2.88. The van der Waals surface area contributed by atoms with Crippen molar-refractivity contribution in [3.8, 4) is 0 Å². The van der Waals surface area contributed by atoms with E-state index in [1.165, 1.54) is 6.08 Å². The maximum atomic E-state index is 12.3. The van der Waals surface area contributed by atoms with Crippen LogP contribution in [0.4, 0.5) is 5.69 Å². The van der Waals surface area contributed by atoms with Crippen LogP contribution in [0.5, 0.6) is 0 Å². The first-order valence-corrected chi connectivity index (χ1v) is 7.13. The van der Waals surface area contributed by atoms with Crippen molar-refractivity contribution in [1.82, 2.24) is 5.16 Å². The average molecular weight is 314 g/mol. The van der Waals surface area contributed by atoms with Gasteiger partial charge in [-0.15, -0.1) is 0 Å². The lowest BCUT2D eigenvalue weighted by molar-refractivity contribution is -0.131. The van der Waals surface area contributed by atoms with Crippen LogP contribution >= 0.6 is 0 Å². The van der Waals surface area contributed by atoms with E-state index in [0.29, 0.717) is 17.1 Å². The fourth-order valence-electron chi connectivity index (χ4n) is 2.33. The Hall–Kier alpha value is -2.89. The van der Waals surface area contributed by atoms with Crippen LogP contribution in [0.15, 0.2) is 34.9 Å². The SMILES string of the molecule is Cc1noc(C)c1C(C)C(=O)Nc1ccc(/C=C/C(=O)O)cc1. The largest absolute Gasteiger partial charge is 0.478 e. The number of carboxylic acid groups (broad SMARTS) is 1. The number of nitrogens with zero attached hydrogens (tertiary/aromatic N) is 1. The maximum absolute atomic E-state index is 12.3. The summed E-state index contributed by atoms with van der Waals surface area (Å²) < 4.78 is 5.09. The molecule has 0 aliphatic heterocycles. The fourth-order valence-corrected chi connectivity index (χ4v) is 2.33. The van der Waals surface area contributed by atoms with E-state index >= 15 is 0 Å². The molecule has 2 N–H and O–H groups in total. The van der Waals surface area contributed by atoms with Crippen LogP contribution in [-0.4, -0.2) is 22.1 Å². The standard InChI is InChI=1S/C17H18N2O4/c1-10(16-11(2)19-23-12(16)3)17(22)18-14-7-4-13(5-8-14)6-9-15(20)21/h4-10H,1-3H3,(H,18,22)(H,20,21)/b9-6+. The molecule has 0 saturated carbocycles. The molecule has 2 rings (SSSR count). The third-order valence-corrected chi connectivity index (χ3v) is 3.51.